The third kappa shape index (κ3) is 6.05. The Balaban J connectivity index is 1.15. The third-order valence-corrected chi connectivity index (χ3v) is 7.77. The van der Waals surface area contributed by atoms with E-state index in [1.54, 1.807) is 36.4 Å². The number of anilines is 1. The molecule has 1 fully saturated rings. The smallest absolute Gasteiger partial charge is 0.335 e. The molecule has 0 radical (unpaired) electrons. The monoisotopic (exact) mass is 579 g/mol. The van der Waals surface area contributed by atoms with Crippen LogP contribution in [0.4, 0.5) is 10.2 Å². The van der Waals surface area contributed by atoms with Crippen molar-refractivity contribution in [1.82, 2.24) is 24.4 Å². The van der Waals surface area contributed by atoms with E-state index < -0.39 is 11.8 Å². The number of halogens is 1. The first-order valence-corrected chi connectivity index (χ1v) is 14.0. The Morgan fingerprint density at radius 2 is 2.00 bits per heavy atom. The normalized spacial score (nSPS) is 15.5. The van der Waals surface area contributed by atoms with Gasteiger partial charge in [-0.1, -0.05) is 12.1 Å². The van der Waals surface area contributed by atoms with Crippen molar-refractivity contribution in [2.75, 3.05) is 24.5 Å². The van der Waals surface area contributed by atoms with Crippen molar-refractivity contribution in [2.45, 2.75) is 32.7 Å². The van der Waals surface area contributed by atoms with Gasteiger partial charge in [0.05, 0.1) is 41.3 Å². The van der Waals surface area contributed by atoms with Gasteiger partial charge in [-0.2, -0.15) is 10.2 Å². The first-order chi connectivity index (χ1) is 20.9. The average molecular weight is 580 g/mol. The van der Waals surface area contributed by atoms with E-state index in [2.05, 4.69) is 31.3 Å². The van der Waals surface area contributed by atoms with Gasteiger partial charge in [-0.05, 0) is 55.5 Å². The van der Waals surface area contributed by atoms with Crippen LogP contribution in [0.15, 0.2) is 72.9 Å². The SMILES string of the molecule is C[C@H]1CN(c2cccc(OCc3ccc(C#N)cc3F)n2)CCN1Cc1nc2ccc(C(=O)O)cc2n1Cc1ccc[nH]1. The van der Waals surface area contributed by atoms with Gasteiger partial charge in [-0.3, -0.25) is 4.90 Å². The van der Waals surface area contributed by atoms with Gasteiger partial charge >= 0.3 is 5.97 Å². The maximum absolute atomic E-state index is 14.3. The number of fused-ring (bicyclic) bond motifs is 1. The maximum Gasteiger partial charge on any atom is 0.335 e. The topological polar surface area (TPSA) is 123 Å². The minimum atomic E-state index is -0.967. The van der Waals surface area contributed by atoms with Gasteiger partial charge < -0.3 is 24.3 Å². The van der Waals surface area contributed by atoms with Gasteiger partial charge in [-0.25, -0.2) is 14.2 Å². The molecule has 43 heavy (non-hydrogen) atoms. The van der Waals surface area contributed by atoms with Crippen molar-refractivity contribution < 1.29 is 19.0 Å². The Hall–Kier alpha value is -5.21. The summed E-state index contributed by atoms with van der Waals surface area (Å²) in [4.78, 5) is 29.0. The molecule has 1 aliphatic rings. The summed E-state index contributed by atoms with van der Waals surface area (Å²) in [6.45, 7) is 5.59. The van der Waals surface area contributed by atoms with Crippen LogP contribution in [-0.2, 0) is 19.7 Å². The second kappa shape index (κ2) is 12.0. The number of piperazine rings is 1. The Kier molecular flexibility index (Phi) is 7.77. The fourth-order valence-corrected chi connectivity index (χ4v) is 5.40. The molecule has 0 bridgehead atoms. The average Bonchev–Trinajstić information content (AvgIpc) is 3.65. The van der Waals surface area contributed by atoms with Crippen LogP contribution >= 0.6 is 0 Å². The van der Waals surface area contributed by atoms with E-state index >= 15 is 0 Å². The third-order valence-electron chi connectivity index (χ3n) is 7.77. The second-order valence-corrected chi connectivity index (χ2v) is 10.6. The lowest BCUT2D eigenvalue weighted by Crippen LogP contribution is -2.52. The molecule has 2 aromatic carbocycles. The summed E-state index contributed by atoms with van der Waals surface area (Å²) in [5.74, 6) is 0.602. The predicted octanol–water partition coefficient (Wildman–Crippen LogP) is 4.81. The molecular weight excluding hydrogens is 549 g/mol. The minimum absolute atomic E-state index is 0.00954. The first kappa shape index (κ1) is 27.9. The lowest BCUT2D eigenvalue weighted by atomic mass is 10.1. The number of aromatic nitrogens is 4. The van der Waals surface area contributed by atoms with Crippen molar-refractivity contribution in [3.05, 3.63) is 107 Å². The van der Waals surface area contributed by atoms with E-state index in [1.807, 2.05) is 36.5 Å². The van der Waals surface area contributed by atoms with Crippen molar-refractivity contribution in [1.29, 1.82) is 5.26 Å². The van der Waals surface area contributed by atoms with Crippen molar-refractivity contribution in [2.24, 2.45) is 0 Å². The molecule has 11 heteroatoms. The molecule has 1 aliphatic heterocycles. The molecule has 1 atom stereocenters. The number of carboxylic acid groups (broad SMARTS) is 1. The van der Waals surface area contributed by atoms with Crippen LogP contribution in [0.1, 0.15) is 39.9 Å². The fraction of sp³-hybridized carbons (Fsp3) is 0.250. The number of pyridine rings is 1. The molecule has 4 heterocycles. The molecule has 3 aromatic heterocycles. The zero-order valence-corrected chi connectivity index (χ0v) is 23.6. The van der Waals surface area contributed by atoms with Gasteiger partial charge in [0.1, 0.15) is 24.1 Å². The van der Waals surface area contributed by atoms with Crippen LogP contribution < -0.4 is 9.64 Å². The Bertz CT molecular complexity index is 1810. The minimum Gasteiger partial charge on any atom is -0.478 e. The van der Waals surface area contributed by atoms with E-state index in [4.69, 9.17) is 15.0 Å². The summed E-state index contributed by atoms with van der Waals surface area (Å²) >= 11 is 0. The molecule has 1 saturated heterocycles. The largest absolute Gasteiger partial charge is 0.478 e. The first-order valence-electron chi connectivity index (χ1n) is 14.0. The zero-order valence-electron chi connectivity index (χ0n) is 23.6. The molecule has 0 saturated carbocycles. The Morgan fingerprint density at radius 1 is 1.12 bits per heavy atom. The van der Waals surface area contributed by atoms with E-state index in [0.717, 1.165) is 48.0 Å². The molecular formula is C32H30FN7O3. The number of nitrogens with one attached hydrogen (secondary N) is 1. The van der Waals surface area contributed by atoms with Crippen LogP contribution in [-0.4, -0.2) is 61.2 Å². The molecule has 0 amide bonds. The summed E-state index contributed by atoms with van der Waals surface area (Å²) in [7, 11) is 0. The van der Waals surface area contributed by atoms with Gasteiger partial charge in [0.25, 0.3) is 0 Å². The van der Waals surface area contributed by atoms with E-state index in [9.17, 15) is 14.3 Å². The molecule has 0 spiro atoms. The van der Waals surface area contributed by atoms with Crippen LogP contribution in [0, 0.1) is 17.1 Å². The van der Waals surface area contributed by atoms with Crippen LogP contribution in [0.2, 0.25) is 0 Å². The number of aromatic amines is 1. The fourth-order valence-electron chi connectivity index (χ4n) is 5.40. The molecule has 0 aliphatic carbocycles. The lowest BCUT2D eigenvalue weighted by Gasteiger charge is -2.40. The summed E-state index contributed by atoms with van der Waals surface area (Å²) in [6, 6.07) is 21.0. The second-order valence-electron chi connectivity index (χ2n) is 10.6. The highest BCUT2D eigenvalue weighted by Crippen LogP contribution is 2.25. The number of ether oxygens (including phenoxy) is 1. The Morgan fingerprint density at radius 3 is 2.74 bits per heavy atom. The summed E-state index contributed by atoms with van der Waals surface area (Å²) in [5, 5.41) is 18.5. The number of carbonyl (C=O) groups is 1. The Labute approximate surface area is 247 Å². The zero-order chi connectivity index (χ0) is 29.9. The number of nitriles is 1. The molecule has 218 valence electrons. The van der Waals surface area contributed by atoms with Crippen LogP contribution in [0.5, 0.6) is 5.88 Å². The van der Waals surface area contributed by atoms with E-state index in [1.165, 1.54) is 6.07 Å². The van der Waals surface area contributed by atoms with Crippen molar-refractivity contribution >= 4 is 22.8 Å². The number of carboxylic acids is 1. The predicted molar refractivity (Wildman–Crippen MR) is 158 cm³/mol. The summed E-state index contributed by atoms with van der Waals surface area (Å²) in [6.07, 6.45) is 1.87. The number of benzene rings is 2. The number of H-pyrrole nitrogens is 1. The lowest BCUT2D eigenvalue weighted by molar-refractivity contribution is 0.0697. The number of rotatable bonds is 9. The number of imidazole rings is 1. The van der Waals surface area contributed by atoms with Gasteiger partial charge in [0.2, 0.25) is 5.88 Å². The highest BCUT2D eigenvalue weighted by atomic mass is 19.1. The number of hydrogen-bond donors (Lipinski definition) is 2. The molecule has 10 nitrogen and oxygen atoms in total. The quantitative estimate of drug-likeness (QED) is 0.255. The number of hydrogen-bond acceptors (Lipinski definition) is 7. The van der Waals surface area contributed by atoms with Crippen LogP contribution in [0.3, 0.4) is 0 Å². The van der Waals surface area contributed by atoms with Crippen LogP contribution in [0.25, 0.3) is 11.0 Å². The molecule has 2 N–H and O–H groups in total. The number of aromatic carboxylic acids is 1. The van der Waals surface area contributed by atoms with Gasteiger partial charge in [0, 0.05) is 49.2 Å². The highest BCUT2D eigenvalue weighted by molar-refractivity contribution is 5.92. The van der Waals surface area contributed by atoms with Crippen molar-refractivity contribution in [3.63, 3.8) is 0 Å². The van der Waals surface area contributed by atoms with Crippen molar-refractivity contribution in [3.8, 4) is 11.9 Å². The maximum atomic E-state index is 14.3. The highest BCUT2D eigenvalue weighted by Gasteiger charge is 2.27. The summed E-state index contributed by atoms with van der Waals surface area (Å²) in [5.41, 5.74) is 3.41. The van der Waals surface area contributed by atoms with Gasteiger partial charge in [0.15, 0.2) is 0 Å². The summed E-state index contributed by atoms with van der Waals surface area (Å²) < 4.78 is 22.2. The molecule has 6 rings (SSSR count). The molecule has 5 aromatic rings. The standard InChI is InChI=1S/C32H30FN7O3/c1-21-17-39(29-5-2-6-31(37-29)43-20-24-8-7-22(16-34)14-26(24)33)13-12-38(21)19-30-36-27-10-9-23(32(41)42)15-28(27)40(30)18-25-4-3-11-35-25/h2-11,14-15,21,35H,12-13,17-20H2,1H3,(H,41,42)/t21-/m0/s1. The van der Waals surface area contributed by atoms with E-state index in [0.29, 0.717) is 24.5 Å². The van der Waals surface area contributed by atoms with Gasteiger partial charge in [-0.15, -0.1) is 0 Å². The molecule has 0 unspecified atom stereocenters. The van der Waals surface area contributed by atoms with E-state index in [-0.39, 0.29) is 23.8 Å². The number of nitrogens with zero attached hydrogens (tertiary/aromatic N) is 6.